The molecular weight excluding hydrogens is 230 g/mol. The molecule has 1 aromatic rings. The Labute approximate surface area is 105 Å². The van der Waals surface area contributed by atoms with Gasteiger partial charge in [-0.1, -0.05) is 6.07 Å². The van der Waals surface area contributed by atoms with E-state index < -0.39 is 0 Å². The third-order valence-electron chi connectivity index (χ3n) is 4.34. The van der Waals surface area contributed by atoms with Crippen LogP contribution in [0.2, 0.25) is 0 Å². The fraction of sp³-hybridized carbons (Fsp3) is 0.538. The number of aromatic amines is 1. The number of pyridine rings is 1. The van der Waals surface area contributed by atoms with Gasteiger partial charge in [0.05, 0.1) is 5.41 Å². The lowest BCUT2D eigenvalue weighted by Crippen LogP contribution is -2.51. The van der Waals surface area contributed by atoms with Crippen LogP contribution < -0.4 is 16.2 Å². The van der Waals surface area contributed by atoms with Gasteiger partial charge in [-0.25, -0.2) is 0 Å². The van der Waals surface area contributed by atoms with E-state index in [1.807, 2.05) is 0 Å². The fourth-order valence-corrected chi connectivity index (χ4v) is 3.02. The zero-order valence-corrected chi connectivity index (χ0v) is 10.2. The van der Waals surface area contributed by atoms with Gasteiger partial charge in [-0.3, -0.25) is 9.59 Å². The predicted octanol–water partition coefficient (Wildman–Crippen LogP) is -0.00930. The second-order valence-corrected chi connectivity index (χ2v) is 5.23. The Morgan fingerprint density at radius 1 is 1.56 bits per heavy atom. The lowest BCUT2D eigenvalue weighted by atomic mass is 9.61. The van der Waals surface area contributed by atoms with Crippen LogP contribution in [0.4, 0.5) is 0 Å². The van der Waals surface area contributed by atoms with Gasteiger partial charge in [0.25, 0.3) is 5.56 Å². The highest BCUT2D eigenvalue weighted by atomic mass is 16.2. The summed E-state index contributed by atoms with van der Waals surface area (Å²) < 4.78 is 0. The topological polar surface area (TPSA) is 74.0 Å². The number of hydrogen-bond donors (Lipinski definition) is 3. The highest BCUT2D eigenvalue weighted by Gasteiger charge is 2.55. The lowest BCUT2D eigenvalue weighted by molar-refractivity contribution is -0.138. The van der Waals surface area contributed by atoms with Gasteiger partial charge >= 0.3 is 0 Å². The maximum atomic E-state index is 12.3. The molecule has 0 spiro atoms. The monoisotopic (exact) mass is 247 g/mol. The Balaban J connectivity index is 1.66. The molecule has 0 aromatic carbocycles. The first-order valence-electron chi connectivity index (χ1n) is 6.38. The van der Waals surface area contributed by atoms with E-state index in [9.17, 15) is 9.59 Å². The molecule has 5 nitrogen and oxygen atoms in total. The van der Waals surface area contributed by atoms with Crippen molar-refractivity contribution in [1.82, 2.24) is 15.6 Å². The van der Waals surface area contributed by atoms with Crippen LogP contribution in [0.5, 0.6) is 0 Å². The predicted molar refractivity (Wildman–Crippen MR) is 66.9 cm³/mol. The molecule has 96 valence electrons. The van der Waals surface area contributed by atoms with Crippen molar-refractivity contribution in [1.29, 1.82) is 0 Å². The van der Waals surface area contributed by atoms with Crippen molar-refractivity contribution in [2.45, 2.75) is 19.4 Å². The van der Waals surface area contributed by atoms with Crippen molar-refractivity contribution in [3.8, 4) is 0 Å². The van der Waals surface area contributed by atoms with Crippen molar-refractivity contribution in [2.24, 2.45) is 11.3 Å². The van der Waals surface area contributed by atoms with E-state index >= 15 is 0 Å². The lowest BCUT2D eigenvalue weighted by Gasteiger charge is -2.42. The van der Waals surface area contributed by atoms with E-state index in [0.717, 1.165) is 25.9 Å². The number of nitrogens with one attached hydrogen (secondary N) is 3. The minimum atomic E-state index is -0.207. The first kappa shape index (κ1) is 11.5. The molecular formula is C13H17N3O2. The Kier molecular flexibility index (Phi) is 2.70. The van der Waals surface area contributed by atoms with Crippen LogP contribution in [0.25, 0.3) is 0 Å². The molecule has 5 heteroatoms. The SMILES string of the molecule is O=C(NCc1ccc[nH]c1=O)[C@]12CC[C@H]1CNC2. The van der Waals surface area contributed by atoms with Gasteiger partial charge in [0.2, 0.25) is 5.91 Å². The Morgan fingerprint density at radius 2 is 2.44 bits per heavy atom. The summed E-state index contributed by atoms with van der Waals surface area (Å²) in [5.41, 5.74) is 0.260. The van der Waals surface area contributed by atoms with Crippen LogP contribution in [0, 0.1) is 11.3 Å². The molecule has 3 rings (SSSR count). The molecule has 0 radical (unpaired) electrons. The Hall–Kier alpha value is -1.62. The smallest absolute Gasteiger partial charge is 0.252 e. The van der Waals surface area contributed by atoms with Crippen molar-refractivity contribution in [3.05, 3.63) is 34.2 Å². The summed E-state index contributed by atoms with van der Waals surface area (Å²) >= 11 is 0. The van der Waals surface area contributed by atoms with Gasteiger partial charge < -0.3 is 15.6 Å². The number of carbonyl (C=O) groups excluding carboxylic acids is 1. The van der Waals surface area contributed by atoms with Crippen LogP contribution in [0.1, 0.15) is 18.4 Å². The van der Waals surface area contributed by atoms with Crippen molar-refractivity contribution < 1.29 is 4.79 Å². The summed E-state index contributed by atoms with van der Waals surface area (Å²) in [6.07, 6.45) is 3.68. The molecule has 0 unspecified atom stereocenters. The second-order valence-electron chi connectivity index (χ2n) is 5.23. The fourth-order valence-electron chi connectivity index (χ4n) is 3.02. The van der Waals surface area contributed by atoms with E-state index in [1.165, 1.54) is 0 Å². The zero-order valence-electron chi connectivity index (χ0n) is 10.2. The van der Waals surface area contributed by atoms with Crippen molar-refractivity contribution in [3.63, 3.8) is 0 Å². The highest BCUT2D eigenvalue weighted by molar-refractivity contribution is 5.84. The molecule has 2 aliphatic rings. The molecule has 1 aliphatic heterocycles. The maximum Gasteiger partial charge on any atom is 0.252 e. The molecule has 2 atom stereocenters. The standard InChI is InChI=1S/C13H17N3O2/c17-11-9(2-1-5-15-11)6-16-12(18)13-4-3-10(13)7-14-8-13/h1-2,5,10,14H,3-4,6-8H2,(H,15,17)(H,16,18)/t10-,13-/m0/s1. The third kappa shape index (κ3) is 1.66. The van der Waals surface area contributed by atoms with Gasteiger partial charge in [0.1, 0.15) is 0 Å². The number of fused-ring (bicyclic) bond motifs is 1. The van der Waals surface area contributed by atoms with Crippen LogP contribution >= 0.6 is 0 Å². The molecule has 1 saturated carbocycles. The first-order chi connectivity index (χ1) is 8.72. The van der Waals surface area contributed by atoms with Crippen molar-refractivity contribution >= 4 is 5.91 Å². The summed E-state index contributed by atoms with van der Waals surface area (Å²) in [6, 6.07) is 3.51. The summed E-state index contributed by atoms with van der Waals surface area (Å²) in [5, 5.41) is 6.19. The maximum absolute atomic E-state index is 12.3. The molecule has 0 bridgehead atoms. The number of amides is 1. The summed E-state index contributed by atoms with van der Waals surface area (Å²) in [6.45, 7) is 2.03. The van der Waals surface area contributed by atoms with Gasteiger partial charge in [0.15, 0.2) is 0 Å². The highest BCUT2D eigenvalue weighted by Crippen LogP contribution is 2.49. The van der Waals surface area contributed by atoms with E-state index in [1.54, 1.807) is 18.3 Å². The molecule has 1 aliphatic carbocycles. The molecule has 2 fully saturated rings. The summed E-state index contributed by atoms with van der Waals surface area (Å²) in [7, 11) is 0. The first-order valence-corrected chi connectivity index (χ1v) is 6.38. The molecule has 2 heterocycles. The van der Waals surface area contributed by atoms with Gasteiger partial charge in [-0.15, -0.1) is 0 Å². The minimum Gasteiger partial charge on any atom is -0.351 e. The number of rotatable bonds is 3. The largest absolute Gasteiger partial charge is 0.351 e. The van der Waals surface area contributed by atoms with Gasteiger partial charge in [-0.05, 0) is 31.4 Å². The number of aromatic nitrogens is 1. The van der Waals surface area contributed by atoms with E-state index in [0.29, 0.717) is 18.0 Å². The van der Waals surface area contributed by atoms with Gasteiger partial charge in [0, 0.05) is 24.8 Å². The molecule has 1 saturated heterocycles. The minimum absolute atomic E-state index is 0.0898. The average molecular weight is 247 g/mol. The van der Waals surface area contributed by atoms with Gasteiger partial charge in [-0.2, -0.15) is 0 Å². The number of H-pyrrole nitrogens is 1. The zero-order chi connectivity index (χ0) is 12.6. The average Bonchev–Trinajstić information content (AvgIpc) is 2.64. The number of carbonyl (C=O) groups is 1. The second kappa shape index (κ2) is 4.24. The van der Waals surface area contributed by atoms with Crippen LogP contribution in [-0.4, -0.2) is 24.0 Å². The van der Waals surface area contributed by atoms with Crippen LogP contribution in [-0.2, 0) is 11.3 Å². The molecule has 1 aromatic heterocycles. The normalized spacial score (nSPS) is 29.4. The number of hydrogen-bond acceptors (Lipinski definition) is 3. The Bertz CT molecular complexity index is 525. The molecule has 3 N–H and O–H groups in total. The molecule has 1 amide bonds. The Morgan fingerprint density at radius 3 is 3.11 bits per heavy atom. The van der Waals surface area contributed by atoms with E-state index in [-0.39, 0.29) is 16.9 Å². The quantitative estimate of drug-likeness (QED) is 0.703. The summed E-state index contributed by atoms with van der Waals surface area (Å²) in [5.74, 6) is 0.568. The summed E-state index contributed by atoms with van der Waals surface area (Å²) in [4.78, 5) is 26.3. The van der Waals surface area contributed by atoms with Crippen LogP contribution in [0.3, 0.4) is 0 Å². The van der Waals surface area contributed by atoms with E-state index in [4.69, 9.17) is 0 Å². The van der Waals surface area contributed by atoms with E-state index in [2.05, 4.69) is 15.6 Å². The van der Waals surface area contributed by atoms with Crippen molar-refractivity contribution in [2.75, 3.05) is 13.1 Å². The molecule has 18 heavy (non-hydrogen) atoms. The van der Waals surface area contributed by atoms with Crippen LogP contribution in [0.15, 0.2) is 23.1 Å². The third-order valence-corrected chi connectivity index (χ3v) is 4.34.